The van der Waals surface area contributed by atoms with Crippen molar-refractivity contribution in [1.82, 2.24) is 5.43 Å². The van der Waals surface area contributed by atoms with E-state index >= 15 is 0 Å². The molecule has 2 fully saturated rings. The van der Waals surface area contributed by atoms with Crippen LogP contribution in [0.15, 0.2) is 0 Å². The van der Waals surface area contributed by atoms with Crippen LogP contribution in [0.2, 0.25) is 0 Å². The lowest BCUT2D eigenvalue weighted by atomic mass is 9.82. The molecule has 1 spiro atoms. The van der Waals surface area contributed by atoms with Gasteiger partial charge in [-0.1, -0.05) is 6.92 Å². The molecule has 0 aromatic heterocycles. The molecule has 0 aromatic carbocycles. The number of hydrazine groups is 1. The van der Waals surface area contributed by atoms with Gasteiger partial charge in [0, 0.05) is 24.2 Å². The average molecular weight is 276 g/mol. The van der Waals surface area contributed by atoms with Gasteiger partial charge in [-0.05, 0) is 36.7 Å². The van der Waals surface area contributed by atoms with Gasteiger partial charge >= 0.3 is 0 Å². The molecule has 0 aromatic rings. The molecule has 0 radical (unpaired) electrons. The van der Waals surface area contributed by atoms with Gasteiger partial charge in [-0.15, -0.1) is 0 Å². The first-order valence-corrected chi connectivity index (χ1v) is 8.86. The van der Waals surface area contributed by atoms with Crippen LogP contribution in [0.4, 0.5) is 0 Å². The van der Waals surface area contributed by atoms with Crippen LogP contribution in [-0.2, 0) is 4.74 Å². The Kier molecular flexibility index (Phi) is 5.49. The van der Waals surface area contributed by atoms with Crippen molar-refractivity contribution in [3.05, 3.63) is 0 Å². The second kappa shape index (κ2) is 6.66. The zero-order valence-electron chi connectivity index (χ0n) is 10.6. The molecule has 2 aliphatic rings. The standard InChI is InChI=1S/C12H24N2OS2/c1-2-16-8-11(14-13)10-3-5-15-12(7-10)4-6-17-9-12/h10-11,14H,2-9,13H2,1H3. The number of nitrogens with one attached hydrogen (secondary N) is 1. The van der Waals surface area contributed by atoms with E-state index in [0.29, 0.717) is 12.0 Å². The summed E-state index contributed by atoms with van der Waals surface area (Å²) in [4.78, 5) is 0. The topological polar surface area (TPSA) is 47.3 Å². The Labute approximate surface area is 113 Å². The van der Waals surface area contributed by atoms with Crippen LogP contribution < -0.4 is 11.3 Å². The van der Waals surface area contributed by atoms with Gasteiger partial charge < -0.3 is 4.74 Å². The monoisotopic (exact) mass is 276 g/mol. The molecule has 3 N–H and O–H groups in total. The zero-order valence-corrected chi connectivity index (χ0v) is 12.2. The van der Waals surface area contributed by atoms with E-state index in [4.69, 9.17) is 10.6 Å². The second-order valence-electron chi connectivity index (χ2n) is 5.02. The van der Waals surface area contributed by atoms with Gasteiger partial charge in [0.1, 0.15) is 0 Å². The normalized spacial score (nSPS) is 35.3. The summed E-state index contributed by atoms with van der Waals surface area (Å²) in [6.07, 6.45) is 3.58. The van der Waals surface area contributed by atoms with Crippen molar-refractivity contribution in [2.45, 2.75) is 37.8 Å². The van der Waals surface area contributed by atoms with Crippen LogP contribution in [-0.4, -0.2) is 41.3 Å². The Bertz CT molecular complexity index is 235. The number of hydrogen-bond acceptors (Lipinski definition) is 5. The quantitative estimate of drug-likeness (QED) is 0.593. The Balaban J connectivity index is 1.90. The highest BCUT2D eigenvalue weighted by Gasteiger charge is 2.42. The predicted octanol–water partition coefficient (Wildman–Crippen LogP) is 1.87. The van der Waals surface area contributed by atoms with Crippen molar-refractivity contribution < 1.29 is 4.74 Å². The molecule has 0 aliphatic carbocycles. The maximum Gasteiger partial charge on any atom is 0.0783 e. The number of hydrogen-bond donors (Lipinski definition) is 2. The molecule has 100 valence electrons. The van der Waals surface area contributed by atoms with E-state index < -0.39 is 0 Å². The molecular formula is C12H24N2OS2. The molecule has 0 saturated carbocycles. The van der Waals surface area contributed by atoms with Crippen molar-refractivity contribution in [3.8, 4) is 0 Å². The smallest absolute Gasteiger partial charge is 0.0783 e. The fraction of sp³-hybridized carbons (Fsp3) is 1.00. The van der Waals surface area contributed by atoms with E-state index in [0.717, 1.165) is 18.8 Å². The van der Waals surface area contributed by atoms with E-state index in [9.17, 15) is 0 Å². The van der Waals surface area contributed by atoms with E-state index in [1.54, 1.807) is 0 Å². The van der Waals surface area contributed by atoms with Gasteiger partial charge in [-0.2, -0.15) is 23.5 Å². The molecule has 17 heavy (non-hydrogen) atoms. The van der Waals surface area contributed by atoms with E-state index in [1.807, 2.05) is 23.5 Å². The molecule has 3 atom stereocenters. The van der Waals surface area contributed by atoms with Gasteiger partial charge in [0.15, 0.2) is 0 Å². The molecule has 5 heteroatoms. The van der Waals surface area contributed by atoms with Crippen LogP contribution in [0.3, 0.4) is 0 Å². The lowest BCUT2D eigenvalue weighted by molar-refractivity contribution is -0.0838. The summed E-state index contributed by atoms with van der Waals surface area (Å²) < 4.78 is 6.06. The maximum atomic E-state index is 6.06. The summed E-state index contributed by atoms with van der Waals surface area (Å²) in [6, 6.07) is 0.450. The molecule has 3 nitrogen and oxygen atoms in total. The summed E-state index contributed by atoms with van der Waals surface area (Å²) in [5, 5.41) is 0. The Morgan fingerprint density at radius 3 is 3.18 bits per heavy atom. The van der Waals surface area contributed by atoms with Crippen LogP contribution in [0, 0.1) is 5.92 Å². The lowest BCUT2D eigenvalue weighted by Crippen LogP contribution is -2.50. The number of thioether (sulfide) groups is 2. The van der Waals surface area contributed by atoms with Crippen LogP contribution in [0.1, 0.15) is 26.2 Å². The number of rotatable bonds is 5. The van der Waals surface area contributed by atoms with Crippen molar-refractivity contribution in [3.63, 3.8) is 0 Å². The minimum atomic E-state index is 0.180. The van der Waals surface area contributed by atoms with Crippen molar-refractivity contribution in [1.29, 1.82) is 0 Å². The van der Waals surface area contributed by atoms with Crippen LogP contribution in [0.25, 0.3) is 0 Å². The van der Waals surface area contributed by atoms with Crippen LogP contribution in [0.5, 0.6) is 0 Å². The summed E-state index contributed by atoms with van der Waals surface area (Å²) in [5.74, 6) is 11.1. The Morgan fingerprint density at radius 1 is 1.65 bits per heavy atom. The minimum Gasteiger partial charge on any atom is -0.374 e. The first-order valence-electron chi connectivity index (χ1n) is 6.55. The van der Waals surface area contributed by atoms with Crippen molar-refractivity contribution >= 4 is 23.5 Å². The van der Waals surface area contributed by atoms with E-state index in [-0.39, 0.29) is 5.60 Å². The fourth-order valence-electron chi connectivity index (χ4n) is 2.84. The van der Waals surface area contributed by atoms with E-state index in [1.165, 1.54) is 30.1 Å². The summed E-state index contributed by atoms with van der Waals surface area (Å²) in [7, 11) is 0. The first kappa shape index (κ1) is 14.0. The Hall–Kier alpha value is 0.580. The van der Waals surface area contributed by atoms with E-state index in [2.05, 4.69) is 12.3 Å². The zero-order chi connectivity index (χ0) is 12.1. The Morgan fingerprint density at radius 2 is 2.53 bits per heavy atom. The highest BCUT2D eigenvalue weighted by molar-refractivity contribution is 7.99. The summed E-state index contributed by atoms with van der Waals surface area (Å²) in [6.45, 7) is 3.12. The van der Waals surface area contributed by atoms with Gasteiger partial charge in [0.05, 0.1) is 5.60 Å². The molecule has 2 rings (SSSR count). The summed E-state index contributed by atoms with van der Waals surface area (Å²) >= 11 is 4.01. The summed E-state index contributed by atoms with van der Waals surface area (Å²) in [5.41, 5.74) is 3.21. The predicted molar refractivity (Wildman–Crippen MR) is 77.5 cm³/mol. The second-order valence-corrected chi connectivity index (χ2v) is 7.44. The molecule has 0 amide bonds. The third-order valence-corrected chi connectivity index (χ3v) is 6.11. The van der Waals surface area contributed by atoms with Crippen molar-refractivity contribution in [2.24, 2.45) is 11.8 Å². The third kappa shape index (κ3) is 3.53. The van der Waals surface area contributed by atoms with Gasteiger partial charge in [0.2, 0.25) is 0 Å². The molecule has 2 aliphatic heterocycles. The molecule has 3 unspecified atom stereocenters. The minimum absolute atomic E-state index is 0.180. The van der Waals surface area contributed by atoms with Crippen LogP contribution >= 0.6 is 23.5 Å². The highest BCUT2D eigenvalue weighted by atomic mass is 32.2. The molecule has 2 saturated heterocycles. The third-order valence-electron chi connectivity index (χ3n) is 3.88. The number of nitrogens with two attached hydrogens (primary N) is 1. The SMILES string of the molecule is CCSCC(NN)C1CCOC2(CCSC2)C1. The first-order chi connectivity index (χ1) is 8.29. The maximum absolute atomic E-state index is 6.06. The lowest BCUT2D eigenvalue weighted by Gasteiger charge is -2.40. The van der Waals surface area contributed by atoms with Gasteiger partial charge in [-0.3, -0.25) is 11.3 Å². The van der Waals surface area contributed by atoms with Gasteiger partial charge in [-0.25, -0.2) is 0 Å². The number of ether oxygens (including phenoxy) is 1. The highest BCUT2D eigenvalue weighted by Crippen LogP contribution is 2.41. The fourth-order valence-corrected chi connectivity index (χ4v) is 5.07. The molecule has 2 heterocycles. The molecular weight excluding hydrogens is 252 g/mol. The van der Waals surface area contributed by atoms with Gasteiger partial charge in [0.25, 0.3) is 0 Å². The molecule has 0 bridgehead atoms. The largest absolute Gasteiger partial charge is 0.374 e. The van der Waals surface area contributed by atoms with Crippen molar-refractivity contribution in [2.75, 3.05) is 29.6 Å². The average Bonchev–Trinajstić information content (AvgIpc) is 2.78.